The fraction of sp³-hybridized carbons (Fsp3) is 0.667. The number of amides is 2. The van der Waals surface area contributed by atoms with Crippen LogP contribution in [0, 0.1) is 0 Å². The van der Waals surface area contributed by atoms with Crippen molar-refractivity contribution in [1.29, 1.82) is 0 Å². The molecule has 3 unspecified atom stereocenters. The number of carboxylic acids is 1. The van der Waals surface area contributed by atoms with Crippen molar-refractivity contribution in [2.24, 2.45) is 0 Å². The number of thioether (sulfide) groups is 1. The Kier molecular flexibility index (Phi) is 13.4. The highest BCUT2D eigenvalue weighted by atomic mass is 32.2. The molecule has 1 aromatic rings. The quantitative estimate of drug-likeness (QED) is 0.156. The third-order valence-corrected chi connectivity index (χ3v) is 14.6. The van der Waals surface area contributed by atoms with E-state index in [2.05, 4.69) is 26.1 Å². The van der Waals surface area contributed by atoms with E-state index in [1.165, 1.54) is 16.7 Å². The number of Topliss-reactive ketones (excluding diaryl/α,β-unsaturated/α-hetero) is 1. The van der Waals surface area contributed by atoms with Crippen molar-refractivity contribution in [2.75, 3.05) is 24.2 Å². The lowest BCUT2D eigenvalue weighted by molar-refractivity contribution is -0.144. The summed E-state index contributed by atoms with van der Waals surface area (Å²) in [6, 6.07) is 8.40. The number of carbonyl (C=O) groups is 4. The molecule has 3 atom stereocenters. The highest BCUT2D eigenvalue weighted by Crippen LogP contribution is 2.54. The van der Waals surface area contributed by atoms with Crippen LogP contribution >= 0.6 is 18.6 Å². The maximum atomic E-state index is 13.9. The third kappa shape index (κ3) is 9.21. The van der Waals surface area contributed by atoms with Crippen molar-refractivity contribution in [3.8, 4) is 0 Å². The van der Waals surface area contributed by atoms with E-state index in [0.29, 0.717) is 6.42 Å². The molecule has 2 aliphatic heterocycles. The first-order valence-corrected chi connectivity index (χ1v) is 19.3. The molecule has 1 aromatic carbocycles. The summed E-state index contributed by atoms with van der Waals surface area (Å²) in [5, 5.41) is 13.0. The molecule has 0 saturated carbocycles. The van der Waals surface area contributed by atoms with Crippen molar-refractivity contribution in [2.45, 2.75) is 116 Å². The van der Waals surface area contributed by atoms with Crippen LogP contribution in [0.4, 0.5) is 0 Å². The van der Waals surface area contributed by atoms with Gasteiger partial charge in [-0.05, 0) is 70.0 Å². The standard InChI is InChI=1S/C33H51N2O6PS/c1-6-9-19-42(20-10-7-2,21-11-8-3)30(32(39)40)35-29(38)28(34-27(37)22-24-15-13-12-14-16-24)31(35)43-23-25(36)26-17-18-33(4,5)41-26/h12-16,26,28,31H,6-11,17-23H2,1-5H3,(H,34,37)(H,39,40). The zero-order valence-electron chi connectivity index (χ0n) is 26.6. The number of ketones is 1. The number of hydrogen-bond acceptors (Lipinski definition) is 6. The summed E-state index contributed by atoms with van der Waals surface area (Å²) in [6.07, 6.45) is 8.97. The molecule has 2 fully saturated rings. The maximum Gasteiger partial charge on any atom is 0.352 e. The number of likely N-dealkylation sites (tertiary alicyclic amines) is 1. The molecule has 0 radical (unpaired) electrons. The first kappa shape index (κ1) is 35.4. The van der Waals surface area contributed by atoms with Crippen molar-refractivity contribution in [1.82, 2.24) is 10.2 Å². The first-order valence-electron chi connectivity index (χ1n) is 15.9. The zero-order chi connectivity index (χ0) is 31.6. The number of rotatable bonds is 18. The van der Waals surface area contributed by atoms with Crippen LogP contribution in [0.1, 0.15) is 91.5 Å². The molecular formula is C33H51N2O6PS. The van der Waals surface area contributed by atoms with Crippen LogP contribution in [0.2, 0.25) is 0 Å². The Balaban J connectivity index is 1.98. The average Bonchev–Trinajstić information content (AvgIpc) is 3.35. The van der Waals surface area contributed by atoms with Crippen LogP contribution in [-0.4, -0.2) is 86.4 Å². The summed E-state index contributed by atoms with van der Waals surface area (Å²) in [6.45, 7) is 8.05. The lowest BCUT2D eigenvalue weighted by Crippen LogP contribution is -2.72. The molecule has 2 amide bonds. The molecule has 2 aliphatic rings. The topological polar surface area (TPSA) is 113 Å². The largest absolute Gasteiger partial charge is 0.477 e. The molecule has 240 valence electrons. The van der Waals surface area contributed by atoms with E-state index in [4.69, 9.17) is 4.74 Å². The van der Waals surface area contributed by atoms with Gasteiger partial charge in [0.2, 0.25) is 5.91 Å². The predicted molar refractivity (Wildman–Crippen MR) is 177 cm³/mol. The molecule has 43 heavy (non-hydrogen) atoms. The van der Waals surface area contributed by atoms with Gasteiger partial charge >= 0.3 is 5.97 Å². The number of aliphatic carboxylic acids is 1. The molecular weight excluding hydrogens is 583 g/mol. The van der Waals surface area contributed by atoms with Gasteiger partial charge in [-0.3, -0.25) is 19.3 Å². The normalized spacial score (nSPS) is 21.4. The monoisotopic (exact) mass is 634 g/mol. The minimum Gasteiger partial charge on any atom is -0.477 e. The third-order valence-electron chi connectivity index (χ3n) is 8.48. The minimum atomic E-state index is -2.22. The number of nitrogens with one attached hydrogen (secondary N) is 1. The molecule has 0 spiro atoms. The van der Waals surface area contributed by atoms with Gasteiger partial charge in [0.25, 0.3) is 5.91 Å². The Hall–Kier alpha value is -2.09. The lowest BCUT2D eigenvalue weighted by Gasteiger charge is -2.49. The van der Waals surface area contributed by atoms with Crippen LogP contribution < -0.4 is 5.32 Å². The molecule has 0 aromatic heterocycles. The molecule has 3 rings (SSSR count). The second-order valence-electron chi connectivity index (χ2n) is 12.5. The number of hydrogen-bond donors (Lipinski definition) is 2. The summed E-state index contributed by atoms with van der Waals surface area (Å²) < 4.78 is 5.97. The van der Waals surface area contributed by atoms with E-state index in [9.17, 15) is 24.3 Å². The second-order valence-corrected chi connectivity index (χ2v) is 17.7. The molecule has 2 saturated heterocycles. The zero-order valence-corrected chi connectivity index (χ0v) is 28.3. The van der Waals surface area contributed by atoms with Gasteiger partial charge in [0, 0.05) is 0 Å². The van der Waals surface area contributed by atoms with Gasteiger partial charge in [0.15, 0.2) is 5.78 Å². The van der Waals surface area contributed by atoms with Gasteiger partial charge in [-0.25, -0.2) is 4.79 Å². The number of ether oxygens (including phenoxy) is 1. The summed E-state index contributed by atoms with van der Waals surface area (Å²) in [7, 11) is 0. The number of benzene rings is 1. The fourth-order valence-corrected chi connectivity index (χ4v) is 12.5. The predicted octanol–water partition coefficient (Wildman–Crippen LogP) is 5.77. The molecule has 8 nitrogen and oxygen atoms in total. The Morgan fingerprint density at radius 3 is 2.09 bits per heavy atom. The van der Waals surface area contributed by atoms with Gasteiger partial charge in [0.1, 0.15) is 22.9 Å². The minimum absolute atomic E-state index is 0.0647. The van der Waals surface area contributed by atoms with E-state index in [1.54, 1.807) is 0 Å². The van der Waals surface area contributed by atoms with Crippen LogP contribution in [0.5, 0.6) is 0 Å². The van der Waals surface area contributed by atoms with Gasteiger partial charge in [0.05, 0.1) is 17.8 Å². The SMILES string of the molecule is CCCCP(CCCC)(CCCC)=C(C(=O)O)N1C(=O)C(NC(=O)Cc2ccccc2)C1SCC(=O)C1CCC(C)(C)O1. The van der Waals surface area contributed by atoms with Gasteiger partial charge in [-0.2, -0.15) is 0 Å². The highest BCUT2D eigenvalue weighted by Gasteiger charge is 2.53. The van der Waals surface area contributed by atoms with E-state index < -0.39 is 36.3 Å². The van der Waals surface area contributed by atoms with Crippen molar-refractivity contribution >= 4 is 47.6 Å². The summed E-state index contributed by atoms with van der Waals surface area (Å²) in [5.41, 5.74) is 0.707. The van der Waals surface area contributed by atoms with E-state index >= 15 is 0 Å². The summed E-state index contributed by atoms with van der Waals surface area (Å²) >= 11 is 1.25. The van der Waals surface area contributed by atoms with Crippen molar-refractivity contribution in [3.05, 3.63) is 35.9 Å². The van der Waals surface area contributed by atoms with Gasteiger partial charge in [-0.1, -0.05) is 77.3 Å². The van der Waals surface area contributed by atoms with Crippen molar-refractivity contribution < 1.29 is 29.0 Å². The molecule has 0 aliphatic carbocycles. The smallest absolute Gasteiger partial charge is 0.352 e. The van der Waals surface area contributed by atoms with E-state index in [1.807, 2.05) is 44.2 Å². The summed E-state index contributed by atoms with van der Waals surface area (Å²) in [5.74, 6) is -1.72. The lowest BCUT2D eigenvalue weighted by atomic mass is 10.0. The number of nitrogens with zero attached hydrogens (tertiary/aromatic N) is 1. The Labute approximate surface area is 262 Å². The van der Waals surface area contributed by atoms with E-state index in [-0.39, 0.29) is 34.9 Å². The van der Waals surface area contributed by atoms with E-state index in [0.717, 1.165) is 69.0 Å². The Morgan fingerprint density at radius 1 is 1.02 bits per heavy atom. The number of unbranched alkanes of at least 4 members (excludes halogenated alkanes) is 3. The van der Waals surface area contributed by atoms with Crippen LogP contribution in [-0.2, 0) is 30.3 Å². The second kappa shape index (κ2) is 16.3. The van der Waals surface area contributed by atoms with Crippen LogP contribution in [0.3, 0.4) is 0 Å². The van der Waals surface area contributed by atoms with Gasteiger partial charge < -0.3 is 15.2 Å². The molecule has 10 heteroatoms. The fourth-order valence-electron chi connectivity index (χ4n) is 6.04. The number of carbonyl (C=O) groups excluding carboxylic acids is 3. The Bertz CT molecular complexity index is 1160. The Morgan fingerprint density at radius 2 is 1.60 bits per heavy atom. The summed E-state index contributed by atoms with van der Waals surface area (Å²) in [4.78, 5) is 54.8. The maximum absolute atomic E-state index is 13.9. The van der Waals surface area contributed by atoms with Crippen LogP contribution in [0.15, 0.2) is 30.3 Å². The molecule has 2 N–H and O–H groups in total. The molecule has 2 heterocycles. The number of β-lactam (4-membered cyclic amide) rings is 1. The first-order chi connectivity index (χ1) is 20.5. The van der Waals surface area contributed by atoms with Gasteiger partial charge in [-0.15, -0.1) is 11.8 Å². The van der Waals surface area contributed by atoms with Crippen molar-refractivity contribution in [3.63, 3.8) is 0 Å². The van der Waals surface area contributed by atoms with Crippen LogP contribution in [0.25, 0.3) is 0 Å². The average molecular weight is 635 g/mol. The number of carboxylic acid groups (broad SMARTS) is 1. The highest BCUT2D eigenvalue weighted by molar-refractivity contribution is 8.00. The molecule has 0 bridgehead atoms.